The van der Waals surface area contributed by atoms with E-state index >= 15 is 0 Å². The standard InChI is InChI=1S/C19H32N4O2/c1-21(2)9-10-22-8-6-19(14-22)15-23(11-12-25-16-19)13-17-5-4-7-20-18(17)24-3/h4-5,7H,6,8-16H2,1-3H3. The topological polar surface area (TPSA) is 41.1 Å². The number of pyridine rings is 1. The smallest absolute Gasteiger partial charge is 0.217 e. The Morgan fingerprint density at radius 2 is 2.12 bits per heavy atom. The largest absolute Gasteiger partial charge is 0.481 e. The third-order valence-electron chi connectivity index (χ3n) is 5.34. The molecule has 0 aliphatic carbocycles. The molecule has 0 amide bonds. The van der Waals surface area contributed by atoms with Crippen LogP contribution < -0.4 is 4.74 Å². The van der Waals surface area contributed by atoms with E-state index in [2.05, 4.69) is 39.8 Å². The fourth-order valence-electron chi connectivity index (χ4n) is 3.99. The molecule has 0 radical (unpaired) electrons. The van der Waals surface area contributed by atoms with Crippen molar-refractivity contribution in [3.8, 4) is 5.88 Å². The fraction of sp³-hybridized carbons (Fsp3) is 0.737. The molecule has 1 spiro atoms. The summed E-state index contributed by atoms with van der Waals surface area (Å²) in [6, 6.07) is 4.10. The molecule has 6 heteroatoms. The quantitative estimate of drug-likeness (QED) is 0.769. The van der Waals surface area contributed by atoms with Crippen LogP contribution in [-0.4, -0.2) is 93.4 Å². The van der Waals surface area contributed by atoms with Gasteiger partial charge < -0.3 is 19.3 Å². The van der Waals surface area contributed by atoms with E-state index in [4.69, 9.17) is 9.47 Å². The maximum atomic E-state index is 6.01. The summed E-state index contributed by atoms with van der Waals surface area (Å²) in [5.41, 5.74) is 1.42. The average molecular weight is 348 g/mol. The van der Waals surface area contributed by atoms with E-state index in [0.29, 0.717) is 0 Å². The first-order valence-electron chi connectivity index (χ1n) is 9.25. The maximum Gasteiger partial charge on any atom is 0.217 e. The number of hydrogen-bond acceptors (Lipinski definition) is 6. The zero-order valence-corrected chi connectivity index (χ0v) is 15.9. The van der Waals surface area contributed by atoms with Crippen molar-refractivity contribution in [3.05, 3.63) is 23.9 Å². The molecule has 0 saturated carbocycles. The lowest BCUT2D eigenvalue weighted by atomic mass is 9.87. The van der Waals surface area contributed by atoms with Crippen molar-refractivity contribution in [2.75, 3.05) is 73.7 Å². The highest BCUT2D eigenvalue weighted by Gasteiger charge is 2.40. The van der Waals surface area contributed by atoms with E-state index < -0.39 is 0 Å². The fourth-order valence-corrected chi connectivity index (χ4v) is 3.99. The first-order valence-corrected chi connectivity index (χ1v) is 9.25. The lowest BCUT2D eigenvalue weighted by molar-refractivity contribution is 0.0707. The number of likely N-dealkylation sites (tertiary alicyclic amines) is 1. The van der Waals surface area contributed by atoms with Crippen molar-refractivity contribution in [2.45, 2.75) is 13.0 Å². The molecule has 0 aromatic carbocycles. The summed E-state index contributed by atoms with van der Waals surface area (Å²) in [5.74, 6) is 0.737. The first kappa shape index (κ1) is 18.6. The molecule has 2 aliphatic rings. The highest BCUT2D eigenvalue weighted by Crippen LogP contribution is 2.34. The molecule has 140 valence electrons. The minimum atomic E-state index is 0.262. The Morgan fingerprint density at radius 3 is 2.92 bits per heavy atom. The van der Waals surface area contributed by atoms with E-state index in [1.165, 1.54) is 13.0 Å². The average Bonchev–Trinajstić information content (AvgIpc) is 2.89. The van der Waals surface area contributed by atoms with Gasteiger partial charge in [0.15, 0.2) is 0 Å². The van der Waals surface area contributed by atoms with Gasteiger partial charge in [-0.05, 0) is 33.1 Å². The number of rotatable bonds is 6. The number of aromatic nitrogens is 1. The summed E-state index contributed by atoms with van der Waals surface area (Å²) >= 11 is 0. The van der Waals surface area contributed by atoms with E-state index in [0.717, 1.165) is 63.9 Å². The molecule has 1 unspecified atom stereocenters. The van der Waals surface area contributed by atoms with Gasteiger partial charge in [0.2, 0.25) is 5.88 Å². The third kappa shape index (κ3) is 4.91. The zero-order valence-electron chi connectivity index (χ0n) is 15.9. The Bertz CT molecular complexity index is 554. The van der Waals surface area contributed by atoms with E-state index in [9.17, 15) is 0 Å². The number of likely N-dealkylation sites (N-methyl/N-ethyl adjacent to an activating group) is 1. The van der Waals surface area contributed by atoms with Gasteiger partial charge in [0.05, 0.1) is 20.3 Å². The Kier molecular flexibility index (Phi) is 6.28. The Hall–Kier alpha value is -1.21. The Balaban J connectivity index is 1.63. The highest BCUT2D eigenvalue weighted by atomic mass is 16.5. The minimum absolute atomic E-state index is 0.262. The van der Waals surface area contributed by atoms with Gasteiger partial charge in [0.1, 0.15) is 0 Å². The van der Waals surface area contributed by atoms with Crippen molar-refractivity contribution < 1.29 is 9.47 Å². The van der Waals surface area contributed by atoms with Crippen LogP contribution in [0, 0.1) is 5.41 Å². The second-order valence-corrected chi connectivity index (χ2v) is 7.76. The zero-order chi connectivity index (χ0) is 17.7. The molecule has 2 aliphatic heterocycles. The number of hydrogen-bond donors (Lipinski definition) is 0. The van der Waals surface area contributed by atoms with Crippen LogP contribution in [0.4, 0.5) is 0 Å². The Morgan fingerprint density at radius 1 is 1.28 bits per heavy atom. The molecular formula is C19H32N4O2. The summed E-state index contributed by atoms with van der Waals surface area (Å²) in [4.78, 5) is 11.7. The lowest BCUT2D eigenvalue weighted by Crippen LogP contribution is -2.41. The van der Waals surface area contributed by atoms with Crippen LogP contribution in [0.15, 0.2) is 18.3 Å². The summed E-state index contributed by atoms with van der Waals surface area (Å²) in [5, 5.41) is 0. The predicted molar refractivity (Wildman–Crippen MR) is 98.9 cm³/mol. The van der Waals surface area contributed by atoms with Gasteiger partial charge in [0, 0.05) is 56.4 Å². The number of methoxy groups -OCH3 is 1. The normalized spacial score (nSPS) is 25.6. The van der Waals surface area contributed by atoms with Crippen molar-refractivity contribution >= 4 is 0 Å². The molecule has 3 heterocycles. The molecule has 1 aromatic rings. The summed E-state index contributed by atoms with van der Waals surface area (Å²) in [6.07, 6.45) is 3.01. The second-order valence-electron chi connectivity index (χ2n) is 7.76. The SMILES string of the molecule is COc1ncccc1CN1CCOCC2(CCN(CCN(C)C)C2)C1. The van der Waals surface area contributed by atoms with Crippen LogP contribution in [0.1, 0.15) is 12.0 Å². The summed E-state index contributed by atoms with van der Waals surface area (Å²) < 4.78 is 11.4. The molecule has 6 nitrogen and oxygen atoms in total. The number of ether oxygens (including phenoxy) is 2. The van der Waals surface area contributed by atoms with Crippen LogP contribution in [0.5, 0.6) is 5.88 Å². The molecule has 1 aromatic heterocycles. The van der Waals surface area contributed by atoms with Gasteiger partial charge in [-0.15, -0.1) is 0 Å². The van der Waals surface area contributed by atoms with Gasteiger partial charge in [-0.2, -0.15) is 0 Å². The Labute approximate surface area is 151 Å². The van der Waals surface area contributed by atoms with E-state index in [-0.39, 0.29) is 5.41 Å². The van der Waals surface area contributed by atoms with Gasteiger partial charge in [-0.3, -0.25) is 4.90 Å². The first-order chi connectivity index (χ1) is 12.1. The molecule has 3 rings (SSSR count). The van der Waals surface area contributed by atoms with E-state index in [1.54, 1.807) is 13.3 Å². The highest BCUT2D eigenvalue weighted by molar-refractivity contribution is 5.25. The van der Waals surface area contributed by atoms with Gasteiger partial charge >= 0.3 is 0 Å². The molecule has 2 fully saturated rings. The van der Waals surface area contributed by atoms with Crippen LogP contribution >= 0.6 is 0 Å². The number of nitrogens with zero attached hydrogens (tertiary/aromatic N) is 4. The third-order valence-corrected chi connectivity index (χ3v) is 5.34. The van der Waals surface area contributed by atoms with Crippen molar-refractivity contribution in [1.29, 1.82) is 0 Å². The van der Waals surface area contributed by atoms with Crippen molar-refractivity contribution in [3.63, 3.8) is 0 Å². The minimum Gasteiger partial charge on any atom is -0.481 e. The van der Waals surface area contributed by atoms with Gasteiger partial charge in [-0.1, -0.05) is 6.07 Å². The molecule has 0 bridgehead atoms. The van der Waals surface area contributed by atoms with E-state index in [1.807, 2.05) is 6.07 Å². The monoisotopic (exact) mass is 348 g/mol. The molecule has 25 heavy (non-hydrogen) atoms. The van der Waals surface area contributed by atoms with Crippen LogP contribution in [0.25, 0.3) is 0 Å². The predicted octanol–water partition coefficient (Wildman–Crippen LogP) is 1.18. The van der Waals surface area contributed by atoms with Crippen LogP contribution in [0.3, 0.4) is 0 Å². The summed E-state index contributed by atoms with van der Waals surface area (Å²) in [6.45, 7) is 9.20. The van der Waals surface area contributed by atoms with Crippen molar-refractivity contribution in [1.82, 2.24) is 19.7 Å². The van der Waals surface area contributed by atoms with Crippen LogP contribution in [-0.2, 0) is 11.3 Å². The lowest BCUT2D eigenvalue weighted by Gasteiger charge is -2.32. The molecule has 2 saturated heterocycles. The molecular weight excluding hydrogens is 316 g/mol. The van der Waals surface area contributed by atoms with Gasteiger partial charge in [-0.25, -0.2) is 4.98 Å². The summed E-state index contributed by atoms with van der Waals surface area (Å²) in [7, 11) is 5.98. The van der Waals surface area contributed by atoms with Crippen molar-refractivity contribution in [2.24, 2.45) is 5.41 Å². The van der Waals surface area contributed by atoms with Gasteiger partial charge in [0.25, 0.3) is 0 Å². The second kappa shape index (κ2) is 8.45. The maximum absolute atomic E-state index is 6.01. The molecule has 1 atom stereocenters. The molecule has 0 N–H and O–H groups in total. The van der Waals surface area contributed by atoms with Crippen LogP contribution in [0.2, 0.25) is 0 Å².